The number of morpholine rings is 1. The third kappa shape index (κ3) is 5.26. The van der Waals surface area contributed by atoms with E-state index in [4.69, 9.17) is 4.74 Å². The summed E-state index contributed by atoms with van der Waals surface area (Å²) in [6.45, 7) is 6.93. The molecule has 7 nitrogen and oxygen atoms in total. The van der Waals surface area contributed by atoms with E-state index in [9.17, 15) is 4.79 Å². The molecular formula is C23H27N5O2S. The molecule has 2 heterocycles. The van der Waals surface area contributed by atoms with Gasteiger partial charge in [0, 0.05) is 13.1 Å². The van der Waals surface area contributed by atoms with Gasteiger partial charge < -0.3 is 15.0 Å². The van der Waals surface area contributed by atoms with Crippen LogP contribution in [0.25, 0.3) is 5.69 Å². The van der Waals surface area contributed by atoms with Crippen molar-refractivity contribution in [3.63, 3.8) is 0 Å². The van der Waals surface area contributed by atoms with Gasteiger partial charge in [-0.25, -0.2) is 0 Å². The second kappa shape index (κ2) is 9.98. The molecule has 8 heteroatoms. The van der Waals surface area contributed by atoms with Gasteiger partial charge in [0.1, 0.15) is 0 Å². The molecule has 0 saturated carbocycles. The molecule has 3 aromatic rings. The van der Waals surface area contributed by atoms with E-state index in [1.54, 1.807) is 0 Å². The van der Waals surface area contributed by atoms with Crippen molar-refractivity contribution in [2.45, 2.75) is 25.0 Å². The predicted octanol–water partition coefficient (Wildman–Crippen LogP) is 3.38. The van der Waals surface area contributed by atoms with Crippen molar-refractivity contribution in [1.82, 2.24) is 20.1 Å². The average molecular weight is 438 g/mol. The molecule has 1 atom stereocenters. The number of benzene rings is 2. The van der Waals surface area contributed by atoms with Gasteiger partial charge in [0.2, 0.25) is 11.9 Å². The summed E-state index contributed by atoms with van der Waals surface area (Å²) in [5.74, 6) is 1.02. The van der Waals surface area contributed by atoms with Gasteiger partial charge in [-0.1, -0.05) is 54.2 Å². The number of hydrogen-bond acceptors (Lipinski definition) is 6. The van der Waals surface area contributed by atoms with Crippen molar-refractivity contribution >= 4 is 23.6 Å². The number of aryl methyl sites for hydroxylation is 1. The first-order chi connectivity index (χ1) is 15.1. The topological polar surface area (TPSA) is 72.3 Å². The van der Waals surface area contributed by atoms with E-state index < -0.39 is 0 Å². The van der Waals surface area contributed by atoms with E-state index in [1.165, 1.54) is 11.8 Å². The van der Waals surface area contributed by atoms with Crippen LogP contribution in [0.1, 0.15) is 24.1 Å². The van der Waals surface area contributed by atoms with Crippen molar-refractivity contribution in [2.75, 3.05) is 37.0 Å². The molecule has 0 radical (unpaired) electrons. The number of rotatable bonds is 7. The number of carbonyl (C=O) groups is 1. The monoisotopic (exact) mass is 437 g/mol. The van der Waals surface area contributed by atoms with Crippen LogP contribution < -0.4 is 10.2 Å². The van der Waals surface area contributed by atoms with Crippen LogP contribution in [0.15, 0.2) is 59.8 Å². The summed E-state index contributed by atoms with van der Waals surface area (Å²) in [5, 5.41) is 12.6. The number of aromatic nitrogens is 3. The van der Waals surface area contributed by atoms with E-state index in [1.807, 2.05) is 54.0 Å². The Hall–Kier alpha value is -2.84. The Kier molecular flexibility index (Phi) is 6.89. The van der Waals surface area contributed by atoms with Crippen molar-refractivity contribution in [1.29, 1.82) is 0 Å². The smallest absolute Gasteiger partial charge is 0.232 e. The number of carbonyl (C=O) groups excluding carboxylic acids is 1. The summed E-state index contributed by atoms with van der Waals surface area (Å²) >= 11 is 1.40. The lowest BCUT2D eigenvalue weighted by molar-refractivity contribution is -0.119. The minimum Gasteiger partial charge on any atom is -0.378 e. The Labute approximate surface area is 186 Å². The fraction of sp³-hybridized carbons (Fsp3) is 0.348. The zero-order valence-corrected chi connectivity index (χ0v) is 18.6. The van der Waals surface area contributed by atoms with Crippen LogP contribution in [0.5, 0.6) is 0 Å². The molecule has 162 valence electrons. The summed E-state index contributed by atoms with van der Waals surface area (Å²) in [6, 6.07) is 18.1. The molecule has 1 N–H and O–H groups in total. The molecule has 0 spiro atoms. The van der Waals surface area contributed by atoms with Crippen molar-refractivity contribution in [3.8, 4) is 5.69 Å². The van der Waals surface area contributed by atoms with Gasteiger partial charge in [-0.3, -0.25) is 9.36 Å². The molecule has 1 aliphatic heterocycles. The first-order valence-electron chi connectivity index (χ1n) is 10.4. The average Bonchev–Trinajstić information content (AvgIpc) is 3.23. The van der Waals surface area contributed by atoms with Crippen LogP contribution in [-0.4, -0.2) is 52.7 Å². The van der Waals surface area contributed by atoms with Crippen LogP contribution in [0.3, 0.4) is 0 Å². The molecule has 1 fully saturated rings. The van der Waals surface area contributed by atoms with Crippen LogP contribution in [0, 0.1) is 6.92 Å². The van der Waals surface area contributed by atoms with Gasteiger partial charge in [0.15, 0.2) is 5.16 Å². The standard InChI is InChI=1S/C23H27N5O2S/c1-17-7-6-10-20(15-17)28-22(27-11-13-30-14-12-27)25-26-23(28)31-16-21(29)24-18(2)19-8-4-3-5-9-19/h3-10,15,18H,11-14,16H2,1-2H3,(H,24,29). The zero-order valence-electron chi connectivity index (χ0n) is 17.8. The third-order valence-corrected chi connectivity index (χ3v) is 6.11. The van der Waals surface area contributed by atoms with Crippen molar-refractivity contribution < 1.29 is 9.53 Å². The number of nitrogens with zero attached hydrogens (tertiary/aromatic N) is 4. The minimum absolute atomic E-state index is 0.0342. The molecule has 0 aliphatic carbocycles. The van der Waals surface area contributed by atoms with Gasteiger partial charge in [0.05, 0.1) is 30.7 Å². The fourth-order valence-electron chi connectivity index (χ4n) is 3.56. The first-order valence-corrected chi connectivity index (χ1v) is 11.4. The lowest BCUT2D eigenvalue weighted by atomic mass is 10.1. The summed E-state index contributed by atoms with van der Waals surface area (Å²) in [5.41, 5.74) is 3.23. The summed E-state index contributed by atoms with van der Waals surface area (Å²) in [4.78, 5) is 14.8. The summed E-state index contributed by atoms with van der Waals surface area (Å²) in [7, 11) is 0. The maximum Gasteiger partial charge on any atom is 0.232 e. The first kappa shape index (κ1) is 21.4. The highest BCUT2D eigenvalue weighted by molar-refractivity contribution is 7.99. The molecule has 1 aliphatic rings. The van der Waals surface area contributed by atoms with Crippen molar-refractivity contribution in [3.05, 3.63) is 65.7 Å². The lowest BCUT2D eigenvalue weighted by Crippen LogP contribution is -2.37. The number of hydrogen-bond donors (Lipinski definition) is 1. The van der Waals surface area contributed by atoms with Gasteiger partial charge in [0.25, 0.3) is 0 Å². The van der Waals surface area contributed by atoms with Crippen LogP contribution in [0.2, 0.25) is 0 Å². The van der Waals surface area contributed by atoms with E-state index >= 15 is 0 Å². The van der Waals surface area contributed by atoms with E-state index in [0.717, 1.165) is 35.9 Å². The largest absolute Gasteiger partial charge is 0.378 e. The van der Waals surface area contributed by atoms with Gasteiger partial charge in [-0.05, 0) is 37.1 Å². The molecule has 1 unspecified atom stereocenters. The van der Waals surface area contributed by atoms with E-state index in [0.29, 0.717) is 18.4 Å². The highest BCUT2D eigenvalue weighted by atomic mass is 32.2. The van der Waals surface area contributed by atoms with Crippen LogP contribution >= 0.6 is 11.8 Å². The number of thioether (sulfide) groups is 1. The maximum atomic E-state index is 12.6. The van der Waals surface area contributed by atoms with Crippen LogP contribution in [0.4, 0.5) is 5.95 Å². The Bertz CT molecular complexity index is 1020. The highest BCUT2D eigenvalue weighted by Gasteiger charge is 2.22. The second-order valence-electron chi connectivity index (χ2n) is 7.54. The molecule has 1 aromatic heterocycles. The molecule has 4 rings (SSSR count). The SMILES string of the molecule is Cc1cccc(-n2c(SCC(=O)NC(C)c3ccccc3)nnc2N2CCOCC2)c1. The summed E-state index contributed by atoms with van der Waals surface area (Å²) < 4.78 is 7.53. The highest BCUT2D eigenvalue weighted by Crippen LogP contribution is 2.27. The Morgan fingerprint density at radius 2 is 1.90 bits per heavy atom. The molecule has 31 heavy (non-hydrogen) atoms. The minimum atomic E-state index is -0.0483. The Balaban J connectivity index is 1.51. The number of anilines is 1. The fourth-order valence-corrected chi connectivity index (χ4v) is 4.31. The Morgan fingerprint density at radius 3 is 2.65 bits per heavy atom. The van der Waals surface area contributed by atoms with Gasteiger partial charge in [-0.2, -0.15) is 0 Å². The molecular weight excluding hydrogens is 410 g/mol. The van der Waals surface area contributed by atoms with Gasteiger partial charge in [-0.15, -0.1) is 10.2 Å². The molecule has 2 aromatic carbocycles. The maximum absolute atomic E-state index is 12.6. The molecule has 1 saturated heterocycles. The molecule has 1 amide bonds. The summed E-state index contributed by atoms with van der Waals surface area (Å²) in [6.07, 6.45) is 0. The van der Waals surface area contributed by atoms with Crippen LogP contribution in [-0.2, 0) is 9.53 Å². The predicted molar refractivity (Wildman–Crippen MR) is 123 cm³/mol. The second-order valence-corrected chi connectivity index (χ2v) is 8.49. The third-order valence-electron chi connectivity index (χ3n) is 5.18. The quantitative estimate of drug-likeness (QED) is 0.572. The van der Waals surface area contributed by atoms with Crippen molar-refractivity contribution in [2.24, 2.45) is 0 Å². The Morgan fingerprint density at radius 1 is 1.13 bits per heavy atom. The lowest BCUT2D eigenvalue weighted by Gasteiger charge is -2.28. The van der Waals surface area contributed by atoms with Gasteiger partial charge >= 0.3 is 0 Å². The molecule has 0 bridgehead atoms. The normalized spacial score (nSPS) is 15.0. The zero-order chi connectivity index (χ0) is 21.6. The number of nitrogens with one attached hydrogen (secondary N) is 1. The van der Waals surface area contributed by atoms with E-state index in [-0.39, 0.29) is 17.7 Å². The number of amides is 1. The number of ether oxygens (including phenoxy) is 1. The van der Waals surface area contributed by atoms with E-state index in [2.05, 4.69) is 39.5 Å².